The highest BCUT2D eigenvalue weighted by Crippen LogP contribution is 2.20. The van der Waals surface area contributed by atoms with Crippen molar-refractivity contribution in [2.24, 2.45) is 0 Å². The van der Waals surface area contributed by atoms with Crippen LogP contribution in [0.2, 0.25) is 0 Å². The Morgan fingerprint density at radius 3 is 1.90 bits per heavy atom. The molecular weight excluding hydrogens is 242 g/mol. The van der Waals surface area contributed by atoms with Crippen molar-refractivity contribution in [3.05, 3.63) is 66.7 Å². The standard InChI is InChI=1S/C15H11N.2C2H6/c1-2-6-12(7-3-1)15-11-10-13-8-4-5-9-14(13)16-15;2*1-2/h1-11H;2*1-2H3. The molecule has 1 aromatic heterocycles. The molecule has 1 heteroatoms. The molecule has 104 valence electrons. The second kappa shape index (κ2) is 8.87. The Balaban J connectivity index is 0.000000461. The summed E-state index contributed by atoms with van der Waals surface area (Å²) in [5, 5.41) is 1.18. The lowest BCUT2D eigenvalue weighted by Crippen LogP contribution is -1.84. The van der Waals surface area contributed by atoms with E-state index in [0.717, 1.165) is 16.8 Å². The van der Waals surface area contributed by atoms with Crippen LogP contribution in [0.5, 0.6) is 0 Å². The number of aromatic nitrogens is 1. The Morgan fingerprint density at radius 1 is 0.600 bits per heavy atom. The highest BCUT2D eigenvalue weighted by molar-refractivity contribution is 5.81. The topological polar surface area (TPSA) is 12.9 Å². The van der Waals surface area contributed by atoms with Crippen molar-refractivity contribution >= 4 is 10.9 Å². The molecule has 0 aliphatic rings. The van der Waals surface area contributed by atoms with Gasteiger partial charge in [0.25, 0.3) is 0 Å². The van der Waals surface area contributed by atoms with Gasteiger partial charge in [0.2, 0.25) is 0 Å². The molecule has 2 aromatic carbocycles. The first kappa shape index (κ1) is 15.9. The number of para-hydroxylation sites is 1. The normalized spacial score (nSPS) is 9.00. The molecule has 3 rings (SSSR count). The molecule has 0 atom stereocenters. The molecule has 1 nitrogen and oxygen atoms in total. The molecule has 0 amide bonds. The van der Waals surface area contributed by atoms with Gasteiger partial charge in [0.15, 0.2) is 0 Å². The first-order valence-electron chi connectivity index (χ1n) is 7.35. The summed E-state index contributed by atoms with van der Waals surface area (Å²) in [6.07, 6.45) is 0. The largest absolute Gasteiger partial charge is 0.248 e. The van der Waals surface area contributed by atoms with Crippen molar-refractivity contribution in [1.82, 2.24) is 4.98 Å². The van der Waals surface area contributed by atoms with Gasteiger partial charge in [-0.05, 0) is 12.1 Å². The molecular formula is C19H23N. The van der Waals surface area contributed by atoms with Gasteiger partial charge in [0.1, 0.15) is 0 Å². The molecule has 20 heavy (non-hydrogen) atoms. The predicted molar refractivity (Wildman–Crippen MR) is 89.9 cm³/mol. The fraction of sp³-hybridized carbons (Fsp3) is 0.211. The molecule has 0 fully saturated rings. The van der Waals surface area contributed by atoms with Crippen molar-refractivity contribution in [1.29, 1.82) is 0 Å². The molecule has 0 N–H and O–H groups in total. The highest BCUT2D eigenvalue weighted by atomic mass is 14.7. The Kier molecular flexibility index (Phi) is 7.05. The maximum atomic E-state index is 4.65. The average molecular weight is 265 g/mol. The summed E-state index contributed by atoms with van der Waals surface area (Å²) < 4.78 is 0. The molecule has 0 aliphatic heterocycles. The minimum atomic E-state index is 1.03. The number of nitrogens with zero attached hydrogens (tertiary/aromatic N) is 1. The zero-order valence-electron chi connectivity index (χ0n) is 12.8. The number of benzene rings is 2. The van der Waals surface area contributed by atoms with Crippen LogP contribution in [0.25, 0.3) is 22.2 Å². The zero-order chi connectivity index (χ0) is 14.8. The molecule has 0 saturated heterocycles. The molecule has 3 aromatic rings. The lowest BCUT2D eigenvalue weighted by Gasteiger charge is -2.02. The SMILES string of the molecule is CC.CC.c1ccc(-c2ccc3ccccc3n2)cc1. The van der Waals surface area contributed by atoms with E-state index in [1.807, 2.05) is 64.1 Å². The predicted octanol–water partition coefficient (Wildman–Crippen LogP) is 5.95. The van der Waals surface area contributed by atoms with Crippen LogP contribution in [0.15, 0.2) is 66.7 Å². The van der Waals surface area contributed by atoms with Crippen LogP contribution in [-0.4, -0.2) is 4.98 Å². The van der Waals surface area contributed by atoms with Crippen molar-refractivity contribution in [2.45, 2.75) is 27.7 Å². The maximum Gasteiger partial charge on any atom is 0.0709 e. The van der Waals surface area contributed by atoms with Gasteiger partial charge in [-0.25, -0.2) is 4.98 Å². The molecule has 0 spiro atoms. The van der Waals surface area contributed by atoms with Crippen molar-refractivity contribution in [3.63, 3.8) is 0 Å². The van der Waals surface area contributed by atoms with E-state index in [2.05, 4.69) is 35.3 Å². The quantitative estimate of drug-likeness (QED) is 0.529. The summed E-state index contributed by atoms with van der Waals surface area (Å²) in [5.74, 6) is 0. The summed E-state index contributed by atoms with van der Waals surface area (Å²) in [6.45, 7) is 8.00. The smallest absolute Gasteiger partial charge is 0.0709 e. The molecule has 1 heterocycles. The van der Waals surface area contributed by atoms with Gasteiger partial charge >= 0.3 is 0 Å². The van der Waals surface area contributed by atoms with E-state index in [-0.39, 0.29) is 0 Å². The summed E-state index contributed by atoms with van der Waals surface area (Å²) in [5.41, 5.74) is 3.23. The first-order valence-corrected chi connectivity index (χ1v) is 7.35. The third-order valence-corrected chi connectivity index (χ3v) is 2.67. The Bertz CT molecular complexity index is 615. The molecule has 0 aliphatic carbocycles. The van der Waals surface area contributed by atoms with Crippen LogP contribution in [0, 0.1) is 0 Å². The molecule has 0 radical (unpaired) electrons. The van der Waals surface area contributed by atoms with Crippen LogP contribution in [-0.2, 0) is 0 Å². The van der Waals surface area contributed by atoms with Crippen molar-refractivity contribution in [2.75, 3.05) is 0 Å². The lowest BCUT2D eigenvalue weighted by atomic mass is 10.1. The second-order valence-electron chi connectivity index (χ2n) is 3.76. The third-order valence-electron chi connectivity index (χ3n) is 2.67. The van der Waals surface area contributed by atoms with Crippen LogP contribution >= 0.6 is 0 Å². The van der Waals surface area contributed by atoms with Crippen molar-refractivity contribution < 1.29 is 0 Å². The van der Waals surface area contributed by atoms with Gasteiger partial charge in [-0.2, -0.15) is 0 Å². The van der Waals surface area contributed by atoms with E-state index in [1.54, 1.807) is 0 Å². The Hall–Kier alpha value is -2.15. The van der Waals surface area contributed by atoms with Crippen LogP contribution in [0.1, 0.15) is 27.7 Å². The molecule has 0 unspecified atom stereocenters. The van der Waals surface area contributed by atoms with E-state index in [1.165, 1.54) is 5.39 Å². The number of fused-ring (bicyclic) bond motifs is 1. The van der Waals surface area contributed by atoms with Gasteiger partial charge < -0.3 is 0 Å². The minimum Gasteiger partial charge on any atom is -0.248 e. The van der Waals surface area contributed by atoms with E-state index < -0.39 is 0 Å². The molecule has 0 saturated carbocycles. The van der Waals surface area contributed by atoms with Gasteiger partial charge in [0, 0.05) is 10.9 Å². The number of hydrogen-bond donors (Lipinski definition) is 0. The summed E-state index contributed by atoms with van der Waals surface area (Å²) in [6, 6.07) is 22.6. The van der Waals surface area contributed by atoms with Crippen LogP contribution in [0.4, 0.5) is 0 Å². The van der Waals surface area contributed by atoms with Gasteiger partial charge in [-0.15, -0.1) is 0 Å². The Morgan fingerprint density at radius 2 is 1.20 bits per heavy atom. The molecule has 0 bridgehead atoms. The second-order valence-corrected chi connectivity index (χ2v) is 3.76. The summed E-state index contributed by atoms with van der Waals surface area (Å²) >= 11 is 0. The van der Waals surface area contributed by atoms with Gasteiger partial charge in [-0.3, -0.25) is 0 Å². The number of hydrogen-bond acceptors (Lipinski definition) is 1. The van der Waals surface area contributed by atoms with Crippen LogP contribution < -0.4 is 0 Å². The maximum absolute atomic E-state index is 4.65. The van der Waals surface area contributed by atoms with Gasteiger partial charge in [-0.1, -0.05) is 82.3 Å². The minimum absolute atomic E-state index is 1.03. The Labute approximate surface area is 122 Å². The van der Waals surface area contributed by atoms with E-state index in [4.69, 9.17) is 0 Å². The summed E-state index contributed by atoms with van der Waals surface area (Å²) in [7, 11) is 0. The zero-order valence-corrected chi connectivity index (χ0v) is 12.8. The van der Waals surface area contributed by atoms with E-state index in [9.17, 15) is 0 Å². The van der Waals surface area contributed by atoms with E-state index in [0.29, 0.717) is 0 Å². The number of pyridine rings is 1. The lowest BCUT2D eigenvalue weighted by molar-refractivity contribution is 1.40. The van der Waals surface area contributed by atoms with Crippen molar-refractivity contribution in [3.8, 4) is 11.3 Å². The fourth-order valence-corrected chi connectivity index (χ4v) is 1.84. The monoisotopic (exact) mass is 265 g/mol. The summed E-state index contributed by atoms with van der Waals surface area (Å²) in [4.78, 5) is 4.65. The third kappa shape index (κ3) is 3.92. The highest BCUT2D eigenvalue weighted by Gasteiger charge is 1.99. The van der Waals surface area contributed by atoms with Gasteiger partial charge in [0.05, 0.1) is 11.2 Å². The average Bonchev–Trinajstić information content (AvgIpc) is 2.59. The van der Waals surface area contributed by atoms with Crippen LogP contribution in [0.3, 0.4) is 0 Å². The fourth-order valence-electron chi connectivity index (χ4n) is 1.84. The van der Waals surface area contributed by atoms with E-state index >= 15 is 0 Å². The first-order chi connectivity index (χ1) is 9.93. The number of rotatable bonds is 1.